The van der Waals surface area contributed by atoms with Gasteiger partial charge in [0.2, 0.25) is 5.43 Å². The minimum atomic E-state index is -0.416. The smallest absolute Gasteiger partial charge is 0.257 e. The van der Waals surface area contributed by atoms with Crippen molar-refractivity contribution in [3.05, 3.63) is 80.6 Å². The van der Waals surface area contributed by atoms with Crippen molar-refractivity contribution < 1.29 is 9.90 Å². The summed E-state index contributed by atoms with van der Waals surface area (Å²) in [6.07, 6.45) is 5.35. The van der Waals surface area contributed by atoms with Gasteiger partial charge in [-0.1, -0.05) is 42.0 Å². The molecular formula is C27H28ClN3O3. The van der Waals surface area contributed by atoms with Crippen LogP contribution in [0.4, 0.5) is 0 Å². The van der Waals surface area contributed by atoms with Crippen LogP contribution in [0.2, 0.25) is 5.02 Å². The Kier molecular flexibility index (Phi) is 8.02. The molecule has 0 aliphatic carbocycles. The lowest BCUT2D eigenvalue weighted by Crippen LogP contribution is -2.33. The van der Waals surface area contributed by atoms with Gasteiger partial charge < -0.3 is 19.9 Å². The number of pyridine rings is 1. The van der Waals surface area contributed by atoms with Crippen molar-refractivity contribution in [1.29, 1.82) is 0 Å². The van der Waals surface area contributed by atoms with E-state index < -0.39 is 5.91 Å². The average molecular weight is 478 g/mol. The van der Waals surface area contributed by atoms with Gasteiger partial charge in [-0.2, -0.15) is 0 Å². The average Bonchev–Trinajstić information content (AvgIpc) is 2.87. The fourth-order valence-electron chi connectivity index (χ4n) is 4.28. The Bertz CT molecular complexity index is 1280. The van der Waals surface area contributed by atoms with Crippen molar-refractivity contribution in [2.24, 2.45) is 0 Å². The lowest BCUT2D eigenvalue weighted by atomic mass is 10.1. The molecule has 1 aliphatic rings. The normalized spacial score (nSPS) is 13.9. The molecular weight excluding hydrogens is 450 g/mol. The van der Waals surface area contributed by atoms with Crippen LogP contribution in [0.1, 0.15) is 40.7 Å². The molecule has 4 rings (SSSR count). The summed E-state index contributed by atoms with van der Waals surface area (Å²) in [6.45, 7) is 3.72. The van der Waals surface area contributed by atoms with E-state index in [0.29, 0.717) is 29.1 Å². The Morgan fingerprint density at radius 1 is 1.06 bits per heavy atom. The first-order chi connectivity index (χ1) is 16.5. The van der Waals surface area contributed by atoms with Crippen LogP contribution in [-0.2, 0) is 13.1 Å². The number of piperidine rings is 1. The predicted molar refractivity (Wildman–Crippen MR) is 135 cm³/mol. The molecule has 2 aromatic carbocycles. The van der Waals surface area contributed by atoms with Crippen molar-refractivity contribution in [3.63, 3.8) is 0 Å². The number of hydrogen-bond acceptors (Lipinski definition) is 4. The van der Waals surface area contributed by atoms with Gasteiger partial charge in [-0.3, -0.25) is 9.59 Å². The number of halogens is 1. The number of amides is 1. The molecule has 0 saturated carbocycles. The van der Waals surface area contributed by atoms with Crippen LogP contribution in [0.3, 0.4) is 0 Å². The van der Waals surface area contributed by atoms with Crippen LogP contribution in [-0.4, -0.2) is 46.7 Å². The summed E-state index contributed by atoms with van der Waals surface area (Å²) in [5.41, 5.74) is 2.06. The van der Waals surface area contributed by atoms with Gasteiger partial charge in [0, 0.05) is 41.8 Å². The van der Waals surface area contributed by atoms with Gasteiger partial charge in [0.25, 0.3) is 5.91 Å². The van der Waals surface area contributed by atoms with Gasteiger partial charge in [-0.05, 0) is 61.8 Å². The maximum absolute atomic E-state index is 13.3. The fraction of sp³-hybridized carbons (Fsp3) is 0.333. The van der Waals surface area contributed by atoms with E-state index in [2.05, 4.69) is 22.1 Å². The highest BCUT2D eigenvalue weighted by molar-refractivity contribution is 6.30. The SMILES string of the molecule is O=C(NCc1ccc(Cl)cc1)c1cn(CCN2CCCCC2)c2ccc(C#CCO)cc2c1=O. The predicted octanol–water partition coefficient (Wildman–Crippen LogP) is 3.41. The Hall–Kier alpha value is -3.11. The van der Waals surface area contributed by atoms with Crippen molar-refractivity contribution in [2.45, 2.75) is 32.4 Å². The number of rotatable bonds is 6. The summed E-state index contributed by atoms with van der Waals surface area (Å²) in [5.74, 6) is 5.05. The molecule has 0 spiro atoms. The second kappa shape index (κ2) is 11.3. The topological polar surface area (TPSA) is 74.6 Å². The van der Waals surface area contributed by atoms with Gasteiger partial charge >= 0.3 is 0 Å². The van der Waals surface area contributed by atoms with E-state index >= 15 is 0 Å². The van der Waals surface area contributed by atoms with E-state index in [0.717, 1.165) is 30.7 Å². The molecule has 176 valence electrons. The molecule has 6 nitrogen and oxygen atoms in total. The molecule has 0 atom stereocenters. The lowest BCUT2D eigenvalue weighted by molar-refractivity contribution is 0.0949. The molecule has 1 saturated heterocycles. The molecule has 7 heteroatoms. The highest BCUT2D eigenvalue weighted by Gasteiger charge is 2.17. The lowest BCUT2D eigenvalue weighted by Gasteiger charge is -2.27. The summed E-state index contributed by atoms with van der Waals surface area (Å²) >= 11 is 5.94. The number of nitrogens with zero attached hydrogens (tertiary/aromatic N) is 2. The molecule has 1 amide bonds. The molecule has 34 heavy (non-hydrogen) atoms. The monoisotopic (exact) mass is 477 g/mol. The first-order valence-corrected chi connectivity index (χ1v) is 11.9. The molecule has 0 unspecified atom stereocenters. The van der Waals surface area contributed by atoms with Crippen LogP contribution >= 0.6 is 11.6 Å². The highest BCUT2D eigenvalue weighted by Crippen LogP contribution is 2.16. The van der Waals surface area contributed by atoms with Crippen molar-refractivity contribution >= 4 is 28.4 Å². The number of nitrogens with one attached hydrogen (secondary N) is 1. The first-order valence-electron chi connectivity index (χ1n) is 11.6. The zero-order chi connectivity index (χ0) is 23.9. The number of aliphatic hydroxyl groups excluding tert-OH is 1. The second-order valence-corrected chi connectivity index (χ2v) is 8.90. The van der Waals surface area contributed by atoms with Crippen LogP contribution in [0.25, 0.3) is 10.9 Å². The van der Waals surface area contributed by atoms with E-state index in [-0.39, 0.29) is 17.6 Å². The summed E-state index contributed by atoms with van der Waals surface area (Å²) in [7, 11) is 0. The summed E-state index contributed by atoms with van der Waals surface area (Å²) in [5, 5.41) is 12.9. The summed E-state index contributed by atoms with van der Waals surface area (Å²) in [4.78, 5) is 28.8. The molecule has 2 heterocycles. The molecule has 0 radical (unpaired) electrons. The minimum Gasteiger partial charge on any atom is -0.384 e. The molecule has 3 aromatic rings. The maximum Gasteiger partial charge on any atom is 0.257 e. The Balaban J connectivity index is 1.65. The first kappa shape index (κ1) is 24.0. The maximum atomic E-state index is 13.3. The van der Waals surface area contributed by atoms with Crippen LogP contribution < -0.4 is 10.7 Å². The number of benzene rings is 2. The molecule has 1 aromatic heterocycles. The van der Waals surface area contributed by atoms with E-state index in [9.17, 15) is 9.59 Å². The van der Waals surface area contributed by atoms with Gasteiger partial charge in [-0.25, -0.2) is 0 Å². The van der Waals surface area contributed by atoms with Gasteiger partial charge in [0.15, 0.2) is 0 Å². The Morgan fingerprint density at radius 3 is 2.56 bits per heavy atom. The van der Waals surface area contributed by atoms with Crippen molar-refractivity contribution in [2.75, 3.05) is 26.2 Å². The quantitative estimate of drug-likeness (QED) is 0.533. The van der Waals surface area contributed by atoms with Gasteiger partial charge in [0.05, 0.1) is 5.52 Å². The number of hydrogen-bond donors (Lipinski definition) is 2. The minimum absolute atomic E-state index is 0.104. The van der Waals surface area contributed by atoms with Crippen molar-refractivity contribution in [1.82, 2.24) is 14.8 Å². The third-order valence-electron chi connectivity index (χ3n) is 6.11. The van der Waals surface area contributed by atoms with E-state index in [1.54, 1.807) is 24.4 Å². The number of aromatic nitrogens is 1. The van der Waals surface area contributed by atoms with Crippen LogP contribution in [0.5, 0.6) is 0 Å². The molecule has 1 aliphatic heterocycles. The molecule has 0 bridgehead atoms. The zero-order valence-corrected chi connectivity index (χ0v) is 19.8. The third kappa shape index (κ3) is 5.87. The van der Waals surface area contributed by atoms with Gasteiger partial charge in [-0.15, -0.1) is 0 Å². The summed E-state index contributed by atoms with van der Waals surface area (Å²) in [6, 6.07) is 12.6. The van der Waals surface area contributed by atoms with Crippen LogP contribution in [0.15, 0.2) is 53.5 Å². The van der Waals surface area contributed by atoms with Crippen LogP contribution in [0, 0.1) is 11.8 Å². The number of carbonyl (C=O) groups excluding carboxylic acids is 1. The Morgan fingerprint density at radius 2 is 1.82 bits per heavy atom. The molecule has 2 N–H and O–H groups in total. The third-order valence-corrected chi connectivity index (χ3v) is 6.36. The van der Waals surface area contributed by atoms with E-state index in [1.165, 1.54) is 19.3 Å². The van der Waals surface area contributed by atoms with Gasteiger partial charge in [0.1, 0.15) is 12.2 Å². The Labute approximate surface area is 204 Å². The number of carbonyl (C=O) groups is 1. The second-order valence-electron chi connectivity index (χ2n) is 8.47. The standard InChI is InChI=1S/C27H28ClN3O3/c28-22-9-6-21(7-10-22)18-29-27(34)24-19-31(15-14-30-12-2-1-3-13-30)25-11-8-20(5-4-16-32)17-23(25)26(24)33/h6-11,17,19,32H,1-3,12-16,18H2,(H,29,34). The summed E-state index contributed by atoms with van der Waals surface area (Å²) < 4.78 is 1.99. The zero-order valence-electron chi connectivity index (χ0n) is 19.0. The van der Waals surface area contributed by atoms with Crippen molar-refractivity contribution in [3.8, 4) is 11.8 Å². The largest absolute Gasteiger partial charge is 0.384 e. The molecule has 1 fully saturated rings. The van der Waals surface area contributed by atoms with E-state index in [1.807, 2.05) is 28.8 Å². The highest BCUT2D eigenvalue weighted by atomic mass is 35.5. The van der Waals surface area contributed by atoms with E-state index in [4.69, 9.17) is 16.7 Å². The number of fused-ring (bicyclic) bond motifs is 1. The number of aliphatic hydroxyl groups is 1. The fourth-order valence-corrected chi connectivity index (χ4v) is 4.40. The number of likely N-dealkylation sites (tertiary alicyclic amines) is 1.